The van der Waals surface area contributed by atoms with E-state index in [9.17, 15) is 14.0 Å². The molecular formula is C20H33FIN5O3. The van der Waals surface area contributed by atoms with Gasteiger partial charge in [-0.05, 0) is 59.7 Å². The Balaban J connectivity index is 0.00000841. The maximum Gasteiger partial charge on any atom is 0.408 e. The molecule has 1 aromatic carbocycles. The summed E-state index contributed by atoms with van der Waals surface area (Å²) in [6.45, 7) is 11.8. The summed E-state index contributed by atoms with van der Waals surface area (Å²) >= 11 is 0. The second-order valence-corrected chi connectivity index (χ2v) is 8.12. The fourth-order valence-electron chi connectivity index (χ4n) is 2.19. The van der Waals surface area contributed by atoms with Gasteiger partial charge in [-0.3, -0.25) is 4.79 Å². The van der Waals surface area contributed by atoms with E-state index in [0.717, 1.165) is 0 Å². The number of halogens is 2. The lowest BCUT2D eigenvalue weighted by molar-refractivity contribution is -0.114. The monoisotopic (exact) mass is 537 g/mol. The molecule has 0 fully saturated rings. The topological polar surface area (TPSA) is 104 Å². The van der Waals surface area contributed by atoms with E-state index in [1.807, 2.05) is 20.8 Å². The third kappa shape index (κ3) is 12.5. The standard InChI is InChI=1S/C20H32FN5O3.HI/c1-7-22-17(23-12-16(27)25-15-10-8-9-14(21)11-15)24-13-20(5,6)26-18(28)29-19(2,3)4;/h8-11H,7,12-13H2,1-6H3,(H,25,27)(H,26,28)(H2,22,23,24);1H. The van der Waals surface area contributed by atoms with Gasteiger partial charge in [0.2, 0.25) is 5.91 Å². The maximum absolute atomic E-state index is 13.2. The summed E-state index contributed by atoms with van der Waals surface area (Å²) in [5.74, 6) is -0.388. The van der Waals surface area contributed by atoms with Gasteiger partial charge in [0.15, 0.2) is 5.96 Å². The molecule has 2 amide bonds. The molecule has 0 radical (unpaired) electrons. The van der Waals surface area contributed by atoms with Crippen LogP contribution in [0.15, 0.2) is 29.3 Å². The molecule has 0 saturated carbocycles. The van der Waals surface area contributed by atoms with Crippen LogP contribution in [0.4, 0.5) is 14.9 Å². The van der Waals surface area contributed by atoms with Crippen molar-refractivity contribution in [2.75, 3.05) is 25.0 Å². The number of nitrogens with zero attached hydrogens (tertiary/aromatic N) is 1. The molecule has 0 saturated heterocycles. The summed E-state index contributed by atoms with van der Waals surface area (Å²) < 4.78 is 18.5. The van der Waals surface area contributed by atoms with Crippen LogP contribution in [0.5, 0.6) is 0 Å². The van der Waals surface area contributed by atoms with E-state index in [0.29, 0.717) is 24.7 Å². The van der Waals surface area contributed by atoms with Crippen LogP contribution in [0, 0.1) is 5.82 Å². The van der Waals surface area contributed by atoms with Crippen molar-refractivity contribution in [3.8, 4) is 0 Å². The Labute approximate surface area is 194 Å². The van der Waals surface area contributed by atoms with Crippen molar-refractivity contribution in [2.45, 2.75) is 52.7 Å². The first-order valence-corrected chi connectivity index (χ1v) is 9.49. The molecule has 30 heavy (non-hydrogen) atoms. The van der Waals surface area contributed by atoms with Crippen LogP contribution in [-0.2, 0) is 9.53 Å². The van der Waals surface area contributed by atoms with Gasteiger partial charge in [-0.15, -0.1) is 24.0 Å². The lowest BCUT2D eigenvalue weighted by Gasteiger charge is -2.29. The fourth-order valence-corrected chi connectivity index (χ4v) is 2.19. The van der Waals surface area contributed by atoms with Gasteiger partial charge in [-0.2, -0.15) is 0 Å². The first kappa shape index (κ1) is 27.9. The molecule has 0 aliphatic carbocycles. The molecule has 0 aliphatic rings. The number of anilines is 1. The van der Waals surface area contributed by atoms with Crippen molar-refractivity contribution in [3.63, 3.8) is 0 Å². The van der Waals surface area contributed by atoms with Crippen LogP contribution in [-0.4, -0.2) is 48.7 Å². The number of aliphatic imine (C=N–C) groups is 1. The quantitative estimate of drug-likeness (QED) is 0.243. The van der Waals surface area contributed by atoms with Gasteiger partial charge in [0.25, 0.3) is 0 Å². The minimum atomic E-state index is -0.623. The zero-order chi connectivity index (χ0) is 22.1. The summed E-state index contributed by atoms with van der Waals surface area (Å²) in [5, 5.41) is 11.5. The molecule has 10 heteroatoms. The Hall–Kier alpha value is -2.11. The Morgan fingerprint density at radius 3 is 2.37 bits per heavy atom. The number of benzene rings is 1. The number of hydrogen-bond acceptors (Lipinski definition) is 4. The number of carbonyl (C=O) groups is 2. The number of amides is 2. The highest BCUT2D eigenvalue weighted by Crippen LogP contribution is 2.10. The van der Waals surface area contributed by atoms with E-state index in [1.165, 1.54) is 18.2 Å². The van der Waals surface area contributed by atoms with Crippen molar-refractivity contribution < 1.29 is 18.7 Å². The number of nitrogens with one attached hydrogen (secondary N) is 4. The largest absolute Gasteiger partial charge is 0.444 e. The zero-order valence-corrected chi connectivity index (χ0v) is 20.7. The van der Waals surface area contributed by atoms with E-state index in [-0.39, 0.29) is 36.4 Å². The van der Waals surface area contributed by atoms with Gasteiger partial charge in [0, 0.05) is 18.8 Å². The molecule has 8 nitrogen and oxygen atoms in total. The molecule has 1 rings (SSSR count). The van der Waals surface area contributed by atoms with Crippen molar-refractivity contribution in [3.05, 3.63) is 30.1 Å². The normalized spacial score (nSPS) is 11.8. The SMILES string of the molecule is CCNC(=NCC(=O)Nc1cccc(F)c1)NCC(C)(C)NC(=O)OC(C)(C)C.I. The summed E-state index contributed by atoms with van der Waals surface area (Å²) in [6.07, 6.45) is -0.513. The Morgan fingerprint density at radius 2 is 1.80 bits per heavy atom. The number of carbonyl (C=O) groups excluding carboxylic acids is 2. The van der Waals surface area contributed by atoms with E-state index < -0.39 is 23.1 Å². The van der Waals surface area contributed by atoms with Gasteiger partial charge in [-0.25, -0.2) is 14.2 Å². The van der Waals surface area contributed by atoms with Gasteiger partial charge in [0.1, 0.15) is 18.0 Å². The predicted octanol–water partition coefficient (Wildman–Crippen LogP) is 3.24. The highest BCUT2D eigenvalue weighted by molar-refractivity contribution is 14.0. The molecule has 0 bridgehead atoms. The number of guanidine groups is 1. The van der Waals surface area contributed by atoms with Crippen LogP contribution in [0.2, 0.25) is 0 Å². The molecule has 0 aromatic heterocycles. The van der Waals surface area contributed by atoms with Crippen LogP contribution >= 0.6 is 24.0 Å². The summed E-state index contributed by atoms with van der Waals surface area (Å²) in [4.78, 5) is 28.2. The van der Waals surface area contributed by atoms with Crippen molar-refractivity contribution in [1.82, 2.24) is 16.0 Å². The lowest BCUT2D eigenvalue weighted by Crippen LogP contribution is -2.54. The highest BCUT2D eigenvalue weighted by Gasteiger charge is 2.24. The summed E-state index contributed by atoms with van der Waals surface area (Å²) in [7, 11) is 0. The number of ether oxygens (including phenoxy) is 1. The van der Waals surface area contributed by atoms with Crippen molar-refractivity contribution in [1.29, 1.82) is 0 Å². The summed E-state index contributed by atoms with van der Waals surface area (Å²) in [5.41, 5.74) is -0.840. The molecular weight excluding hydrogens is 504 g/mol. The minimum absolute atomic E-state index is 0. The fraction of sp³-hybridized carbons (Fsp3) is 0.550. The van der Waals surface area contributed by atoms with Crippen LogP contribution in [0.25, 0.3) is 0 Å². The molecule has 170 valence electrons. The third-order valence-corrected chi connectivity index (χ3v) is 3.37. The average molecular weight is 537 g/mol. The predicted molar refractivity (Wildman–Crippen MR) is 128 cm³/mol. The first-order valence-electron chi connectivity index (χ1n) is 9.49. The van der Waals surface area contributed by atoms with Crippen molar-refractivity contribution in [2.24, 2.45) is 4.99 Å². The second-order valence-electron chi connectivity index (χ2n) is 8.12. The van der Waals surface area contributed by atoms with Crippen LogP contribution in [0.1, 0.15) is 41.5 Å². The van der Waals surface area contributed by atoms with Crippen LogP contribution < -0.4 is 21.3 Å². The third-order valence-electron chi connectivity index (χ3n) is 3.37. The maximum atomic E-state index is 13.2. The zero-order valence-electron chi connectivity index (χ0n) is 18.4. The molecule has 0 unspecified atom stereocenters. The number of hydrogen-bond donors (Lipinski definition) is 4. The van der Waals surface area contributed by atoms with E-state index in [2.05, 4.69) is 26.3 Å². The Morgan fingerprint density at radius 1 is 1.13 bits per heavy atom. The molecule has 0 aliphatic heterocycles. The second kappa shape index (κ2) is 12.6. The molecule has 0 heterocycles. The van der Waals surface area contributed by atoms with Gasteiger partial charge >= 0.3 is 6.09 Å². The van der Waals surface area contributed by atoms with Crippen molar-refractivity contribution >= 4 is 47.6 Å². The molecule has 0 atom stereocenters. The minimum Gasteiger partial charge on any atom is -0.444 e. The highest BCUT2D eigenvalue weighted by atomic mass is 127. The number of alkyl carbamates (subject to hydrolysis) is 1. The summed E-state index contributed by atoms with van der Waals surface area (Å²) in [6, 6.07) is 5.64. The van der Waals surface area contributed by atoms with Crippen LogP contribution in [0.3, 0.4) is 0 Å². The average Bonchev–Trinajstić information content (AvgIpc) is 2.55. The van der Waals surface area contributed by atoms with E-state index >= 15 is 0 Å². The Bertz CT molecular complexity index is 735. The first-order chi connectivity index (χ1) is 13.4. The molecule has 4 N–H and O–H groups in total. The number of rotatable bonds is 7. The van der Waals surface area contributed by atoms with Gasteiger partial charge in [-0.1, -0.05) is 6.07 Å². The van der Waals surface area contributed by atoms with E-state index in [4.69, 9.17) is 4.74 Å². The van der Waals surface area contributed by atoms with E-state index in [1.54, 1.807) is 26.8 Å². The smallest absolute Gasteiger partial charge is 0.408 e. The Kier molecular flexibility index (Phi) is 11.7. The molecule has 1 aromatic rings. The van der Waals surface area contributed by atoms with Gasteiger partial charge < -0.3 is 26.0 Å². The molecule has 0 spiro atoms. The lowest BCUT2D eigenvalue weighted by atomic mass is 10.1. The van der Waals surface area contributed by atoms with Gasteiger partial charge in [0.05, 0.1) is 5.54 Å².